The Hall–Kier alpha value is -1.60. The van der Waals surface area contributed by atoms with Crippen LogP contribution in [0.5, 0.6) is 0 Å². The predicted octanol–water partition coefficient (Wildman–Crippen LogP) is 4.26. The summed E-state index contributed by atoms with van der Waals surface area (Å²) in [5, 5.41) is 0.944. The lowest BCUT2D eigenvalue weighted by atomic mass is 10.1. The molecule has 0 spiro atoms. The lowest BCUT2D eigenvalue weighted by Gasteiger charge is -2.42. The second-order valence-corrected chi connectivity index (χ2v) is 10.5. The molecule has 6 nitrogen and oxygen atoms in total. The molecular weight excluding hydrogens is 471 g/mol. The molecule has 188 valence electrons. The van der Waals surface area contributed by atoms with Gasteiger partial charge in [-0.3, -0.25) is 14.5 Å². The van der Waals surface area contributed by atoms with Gasteiger partial charge in [0.2, 0.25) is 11.8 Å². The molecule has 0 saturated carbocycles. The molecule has 8 heteroatoms. The minimum Gasteiger partial charge on any atom is -0.341 e. The molecule has 2 aliphatic heterocycles. The average Bonchev–Trinajstić information content (AvgIpc) is 2.98. The fourth-order valence-corrected chi connectivity index (χ4v) is 5.17. The maximum atomic E-state index is 12.7. The van der Waals surface area contributed by atoms with E-state index in [0.717, 1.165) is 51.1 Å². The van der Waals surface area contributed by atoms with Crippen LogP contribution >= 0.6 is 23.2 Å². The molecule has 0 aliphatic carbocycles. The lowest BCUT2D eigenvalue weighted by molar-refractivity contribution is -0.130. The maximum absolute atomic E-state index is 12.7. The number of hydrogen-bond donors (Lipinski definition) is 0. The van der Waals surface area contributed by atoms with Gasteiger partial charge in [0.15, 0.2) is 0 Å². The second-order valence-electron chi connectivity index (χ2n) is 9.65. The van der Waals surface area contributed by atoms with E-state index < -0.39 is 0 Å². The maximum Gasteiger partial charge on any atom is 0.246 e. The molecule has 2 fully saturated rings. The van der Waals surface area contributed by atoms with Gasteiger partial charge in [0, 0.05) is 70.4 Å². The molecule has 0 bridgehead atoms. The Morgan fingerprint density at radius 2 is 1.82 bits per heavy atom. The number of nitrogens with zero attached hydrogens (tertiary/aromatic N) is 4. The molecule has 2 aliphatic rings. The summed E-state index contributed by atoms with van der Waals surface area (Å²) in [6.45, 7) is 13.7. The first kappa shape index (κ1) is 27.0. The standard InChI is InChI=1S/C26H38Cl2N4O2/c1-20(2)32-17-14-29(19-21(32)3)11-4-5-12-30-15-16-31(13-10-26(30)34)25(33)9-7-22-6-8-23(27)24(28)18-22/h6-9,18,20-21H,4-5,10-17,19H2,1-3H3. The predicted molar refractivity (Wildman–Crippen MR) is 140 cm³/mol. The topological polar surface area (TPSA) is 47.1 Å². The Kier molecular flexibility index (Phi) is 10.3. The van der Waals surface area contributed by atoms with Crippen molar-refractivity contribution >= 4 is 41.1 Å². The SMILES string of the molecule is CC(C)N1CCN(CCCCN2CCN(C(=O)C=Cc3ccc(Cl)c(Cl)c3)CCC2=O)CC1C. The summed E-state index contributed by atoms with van der Waals surface area (Å²) in [5.74, 6) is 0.0540. The Morgan fingerprint density at radius 3 is 2.53 bits per heavy atom. The first-order valence-corrected chi connectivity index (χ1v) is 13.2. The lowest BCUT2D eigenvalue weighted by Crippen LogP contribution is -2.54. The molecule has 34 heavy (non-hydrogen) atoms. The molecule has 1 atom stereocenters. The van der Waals surface area contributed by atoms with E-state index in [1.165, 1.54) is 0 Å². The van der Waals surface area contributed by atoms with Crippen LogP contribution in [0.1, 0.15) is 45.6 Å². The number of amides is 2. The van der Waals surface area contributed by atoms with Crippen LogP contribution < -0.4 is 0 Å². The molecule has 1 aromatic carbocycles. The number of rotatable bonds is 8. The van der Waals surface area contributed by atoms with Crippen LogP contribution in [0.3, 0.4) is 0 Å². The first-order valence-electron chi connectivity index (χ1n) is 12.4. The fraction of sp³-hybridized carbons (Fsp3) is 0.615. The monoisotopic (exact) mass is 508 g/mol. The van der Waals surface area contributed by atoms with E-state index in [9.17, 15) is 9.59 Å². The number of unbranched alkanes of at least 4 members (excludes halogenated alkanes) is 1. The van der Waals surface area contributed by atoms with E-state index in [0.29, 0.717) is 48.2 Å². The summed E-state index contributed by atoms with van der Waals surface area (Å²) >= 11 is 12.0. The third kappa shape index (κ3) is 7.70. The van der Waals surface area contributed by atoms with Gasteiger partial charge < -0.3 is 14.7 Å². The van der Waals surface area contributed by atoms with Gasteiger partial charge in [-0.05, 0) is 63.9 Å². The Labute approximate surface area is 214 Å². The van der Waals surface area contributed by atoms with Gasteiger partial charge in [-0.15, -0.1) is 0 Å². The number of carbonyl (C=O) groups is 2. The summed E-state index contributed by atoms with van der Waals surface area (Å²) in [6, 6.07) is 6.45. The summed E-state index contributed by atoms with van der Waals surface area (Å²) in [5.41, 5.74) is 0.815. The van der Waals surface area contributed by atoms with Crippen molar-refractivity contribution < 1.29 is 9.59 Å². The molecule has 2 saturated heterocycles. The van der Waals surface area contributed by atoms with Gasteiger partial charge in [0.05, 0.1) is 10.0 Å². The number of carbonyl (C=O) groups excluding carboxylic acids is 2. The highest BCUT2D eigenvalue weighted by Gasteiger charge is 2.25. The molecule has 0 radical (unpaired) electrons. The molecule has 2 amide bonds. The fourth-order valence-electron chi connectivity index (χ4n) is 4.87. The second kappa shape index (κ2) is 12.9. The molecular formula is C26H38Cl2N4O2. The quantitative estimate of drug-likeness (QED) is 0.388. The smallest absolute Gasteiger partial charge is 0.246 e. The van der Waals surface area contributed by atoms with Crippen LogP contribution in [0.4, 0.5) is 0 Å². The van der Waals surface area contributed by atoms with Crippen LogP contribution in [0.2, 0.25) is 10.0 Å². The van der Waals surface area contributed by atoms with E-state index in [1.807, 2.05) is 11.0 Å². The van der Waals surface area contributed by atoms with Gasteiger partial charge in [-0.1, -0.05) is 29.3 Å². The highest BCUT2D eigenvalue weighted by molar-refractivity contribution is 6.42. The first-order chi connectivity index (χ1) is 16.2. The summed E-state index contributed by atoms with van der Waals surface area (Å²) < 4.78 is 0. The number of benzene rings is 1. The molecule has 0 aromatic heterocycles. The Bertz CT molecular complexity index is 876. The van der Waals surface area contributed by atoms with E-state index in [4.69, 9.17) is 23.2 Å². The van der Waals surface area contributed by atoms with Gasteiger partial charge >= 0.3 is 0 Å². The third-order valence-electron chi connectivity index (χ3n) is 6.84. The molecule has 1 unspecified atom stereocenters. The van der Waals surface area contributed by atoms with Crippen molar-refractivity contribution in [1.29, 1.82) is 0 Å². The molecule has 2 heterocycles. The van der Waals surface area contributed by atoms with Crippen molar-refractivity contribution in [3.05, 3.63) is 39.9 Å². The van der Waals surface area contributed by atoms with Crippen molar-refractivity contribution in [3.63, 3.8) is 0 Å². The van der Waals surface area contributed by atoms with Crippen molar-refractivity contribution in [2.75, 3.05) is 52.4 Å². The minimum absolute atomic E-state index is 0.0876. The average molecular weight is 510 g/mol. The summed E-state index contributed by atoms with van der Waals surface area (Å²) in [4.78, 5) is 34.1. The Balaban J connectivity index is 1.40. The van der Waals surface area contributed by atoms with Crippen LogP contribution in [-0.4, -0.2) is 95.9 Å². The van der Waals surface area contributed by atoms with Crippen LogP contribution in [0.25, 0.3) is 6.08 Å². The van der Waals surface area contributed by atoms with Crippen molar-refractivity contribution in [3.8, 4) is 0 Å². The molecule has 1 aromatic rings. The highest BCUT2D eigenvalue weighted by atomic mass is 35.5. The zero-order chi connectivity index (χ0) is 24.7. The van der Waals surface area contributed by atoms with Gasteiger partial charge in [0.1, 0.15) is 0 Å². The zero-order valence-corrected chi connectivity index (χ0v) is 22.2. The van der Waals surface area contributed by atoms with Gasteiger partial charge in [-0.2, -0.15) is 0 Å². The van der Waals surface area contributed by atoms with Crippen molar-refractivity contribution in [2.24, 2.45) is 0 Å². The largest absolute Gasteiger partial charge is 0.341 e. The number of hydrogen-bond acceptors (Lipinski definition) is 4. The normalized spacial score (nSPS) is 21.0. The van der Waals surface area contributed by atoms with Crippen molar-refractivity contribution in [1.82, 2.24) is 19.6 Å². The molecule has 3 rings (SSSR count). The van der Waals surface area contributed by atoms with Crippen LogP contribution in [0.15, 0.2) is 24.3 Å². The Morgan fingerprint density at radius 1 is 1.06 bits per heavy atom. The summed E-state index contributed by atoms with van der Waals surface area (Å²) in [7, 11) is 0. The van der Waals surface area contributed by atoms with Crippen LogP contribution in [-0.2, 0) is 9.59 Å². The van der Waals surface area contributed by atoms with E-state index >= 15 is 0 Å². The van der Waals surface area contributed by atoms with E-state index in [1.54, 1.807) is 29.2 Å². The summed E-state index contributed by atoms with van der Waals surface area (Å²) in [6.07, 6.45) is 5.74. The molecule has 0 N–H and O–H groups in total. The van der Waals surface area contributed by atoms with Gasteiger partial charge in [0.25, 0.3) is 0 Å². The van der Waals surface area contributed by atoms with E-state index in [-0.39, 0.29) is 11.8 Å². The number of piperazine rings is 1. The number of halogens is 2. The minimum atomic E-state index is -0.0876. The zero-order valence-electron chi connectivity index (χ0n) is 20.7. The third-order valence-corrected chi connectivity index (χ3v) is 7.58. The highest BCUT2D eigenvalue weighted by Crippen LogP contribution is 2.23. The van der Waals surface area contributed by atoms with Crippen molar-refractivity contribution in [2.45, 2.75) is 52.1 Å². The van der Waals surface area contributed by atoms with E-state index in [2.05, 4.69) is 30.6 Å². The van der Waals surface area contributed by atoms with Gasteiger partial charge in [-0.25, -0.2) is 0 Å². The van der Waals surface area contributed by atoms with Crippen LogP contribution in [0, 0.1) is 0 Å².